The van der Waals surface area contributed by atoms with Crippen molar-refractivity contribution in [3.8, 4) is 22.9 Å². The minimum atomic E-state index is -0.166. The maximum Gasteiger partial charge on any atom is 0.219 e. The van der Waals surface area contributed by atoms with Crippen molar-refractivity contribution in [3.05, 3.63) is 41.3 Å². The predicted molar refractivity (Wildman–Crippen MR) is 128 cm³/mol. The summed E-state index contributed by atoms with van der Waals surface area (Å²) in [6, 6.07) is 6.11. The van der Waals surface area contributed by atoms with Crippen molar-refractivity contribution in [2.75, 3.05) is 26.4 Å². The van der Waals surface area contributed by atoms with Gasteiger partial charge in [-0.3, -0.25) is 5.10 Å². The number of aromatic nitrogens is 6. The summed E-state index contributed by atoms with van der Waals surface area (Å²) in [5, 5.41) is 27.0. The Kier molecular flexibility index (Phi) is 6.08. The van der Waals surface area contributed by atoms with Crippen LogP contribution >= 0.6 is 0 Å². The maximum atomic E-state index is 9.48. The fraction of sp³-hybridized carbons (Fsp3) is 0.375. The van der Waals surface area contributed by atoms with Crippen LogP contribution in [0.3, 0.4) is 0 Å². The fourth-order valence-corrected chi connectivity index (χ4v) is 4.08. The van der Waals surface area contributed by atoms with E-state index in [-0.39, 0.29) is 12.7 Å². The minimum Gasteiger partial charge on any atom is -0.475 e. The van der Waals surface area contributed by atoms with Crippen LogP contribution in [0.15, 0.2) is 24.4 Å². The molecule has 34 heavy (non-hydrogen) atoms. The van der Waals surface area contributed by atoms with Crippen LogP contribution in [0.4, 0.5) is 0 Å². The third kappa shape index (κ3) is 4.17. The summed E-state index contributed by atoms with van der Waals surface area (Å²) in [4.78, 5) is 0. The number of aryl methyl sites for hydroxylation is 2. The van der Waals surface area contributed by atoms with Gasteiger partial charge < -0.3 is 19.3 Å². The Balaban J connectivity index is 1.61. The van der Waals surface area contributed by atoms with Crippen LogP contribution in [0.5, 0.6) is 11.8 Å². The molecule has 4 aromatic rings. The molecule has 0 fully saturated rings. The van der Waals surface area contributed by atoms with E-state index < -0.39 is 0 Å². The van der Waals surface area contributed by atoms with E-state index in [1.807, 2.05) is 51.4 Å². The first-order chi connectivity index (χ1) is 16.5. The van der Waals surface area contributed by atoms with Crippen molar-refractivity contribution in [1.29, 1.82) is 0 Å². The Bertz CT molecular complexity index is 1330. The standard InChI is InChI=1S/C24H28N6O4/c1-15-14-34-24-18(16(2)28-30(24)8-9-31)5-7-22-19-12-17(4-6-21(19)26-27-22)20-13-25-29(3)23(20)33-11-10-32-15/h4-7,12-13,15,31H,8-11,14H2,1-3H3,(H,26,27)/b7-5+. The zero-order chi connectivity index (χ0) is 23.7. The Morgan fingerprint density at radius 1 is 1.18 bits per heavy atom. The molecule has 10 heteroatoms. The summed E-state index contributed by atoms with van der Waals surface area (Å²) >= 11 is 0. The lowest BCUT2D eigenvalue weighted by molar-refractivity contribution is 0.0140. The molecule has 0 amide bonds. The highest BCUT2D eigenvalue weighted by Gasteiger charge is 2.18. The summed E-state index contributed by atoms with van der Waals surface area (Å²) in [6.45, 7) is 5.30. The van der Waals surface area contributed by atoms with Gasteiger partial charge in [0.2, 0.25) is 11.8 Å². The lowest BCUT2D eigenvalue weighted by Gasteiger charge is -2.16. The van der Waals surface area contributed by atoms with Gasteiger partial charge in [0.1, 0.15) is 13.2 Å². The first-order valence-corrected chi connectivity index (χ1v) is 11.3. The van der Waals surface area contributed by atoms with Crippen molar-refractivity contribution >= 4 is 23.1 Å². The van der Waals surface area contributed by atoms with Crippen molar-refractivity contribution in [1.82, 2.24) is 29.8 Å². The number of benzene rings is 1. The first-order valence-electron chi connectivity index (χ1n) is 11.3. The average molecular weight is 465 g/mol. The highest BCUT2D eigenvalue weighted by molar-refractivity contribution is 5.93. The molecule has 2 N–H and O–H groups in total. The Labute approximate surface area is 196 Å². The van der Waals surface area contributed by atoms with Gasteiger partial charge in [-0.2, -0.15) is 15.3 Å². The number of ether oxygens (including phenoxy) is 3. The summed E-state index contributed by atoms with van der Waals surface area (Å²) in [6.07, 6.45) is 5.54. The monoisotopic (exact) mass is 464 g/mol. The zero-order valence-corrected chi connectivity index (χ0v) is 19.5. The number of aliphatic hydroxyl groups excluding tert-OH is 1. The van der Waals surface area contributed by atoms with E-state index in [0.717, 1.165) is 39.0 Å². The zero-order valence-electron chi connectivity index (χ0n) is 19.5. The van der Waals surface area contributed by atoms with Gasteiger partial charge in [-0.25, -0.2) is 9.36 Å². The predicted octanol–water partition coefficient (Wildman–Crippen LogP) is 2.81. The Hall–Kier alpha value is -3.63. The van der Waals surface area contributed by atoms with Crippen LogP contribution < -0.4 is 9.47 Å². The number of H-pyrrole nitrogens is 1. The normalized spacial score (nSPS) is 17.6. The third-order valence-electron chi connectivity index (χ3n) is 5.81. The minimum absolute atomic E-state index is 0.0355. The van der Waals surface area contributed by atoms with Crippen molar-refractivity contribution < 1.29 is 19.3 Å². The number of hydrogen-bond donors (Lipinski definition) is 2. The molecule has 1 aromatic carbocycles. The van der Waals surface area contributed by atoms with Crippen LogP contribution in [0.1, 0.15) is 23.9 Å². The molecular weight excluding hydrogens is 436 g/mol. The summed E-state index contributed by atoms with van der Waals surface area (Å²) < 4.78 is 21.5. The molecule has 1 aliphatic heterocycles. The highest BCUT2D eigenvalue weighted by Crippen LogP contribution is 2.33. The van der Waals surface area contributed by atoms with Crippen molar-refractivity contribution in [2.45, 2.75) is 26.5 Å². The molecule has 5 rings (SSSR count). The second-order valence-corrected chi connectivity index (χ2v) is 8.28. The maximum absolute atomic E-state index is 9.48. The molecule has 3 aromatic heterocycles. The van der Waals surface area contributed by atoms with E-state index in [4.69, 9.17) is 14.2 Å². The largest absolute Gasteiger partial charge is 0.475 e. The molecule has 1 aliphatic rings. The van der Waals surface area contributed by atoms with Gasteiger partial charge in [0.25, 0.3) is 0 Å². The summed E-state index contributed by atoms with van der Waals surface area (Å²) in [5.74, 6) is 1.28. The molecule has 10 nitrogen and oxygen atoms in total. The molecule has 1 atom stereocenters. The van der Waals surface area contributed by atoms with Gasteiger partial charge in [0.15, 0.2) is 0 Å². The van der Waals surface area contributed by atoms with E-state index in [9.17, 15) is 5.11 Å². The Morgan fingerprint density at radius 2 is 2.06 bits per heavy atom. The number of aromatic amines is 1. The third-order valence-corrected chi connectivity index (χ3v) is 5.81. The molecule has 0 saturated carbocycles. The number of nitrogens with one attached hydrogen (secondary N) is 1. The van der Waals surface area contributed by atoms with Crippen LogP contribution in [-0.4, -0.2) is 67.4 Å². The van der Waals surface area contributed by atoms with Gasteiger partial charge in [0, 0.05) is 12.4 Å². The second-order valence-electron chi connectivity index (χ2n) is 8.28. The van der Waals surface area contributed by atoms with Crippen molar-refractivity contribution in [2.24, 2.45) is 7.05 Å². The smallest absolute Gasteiger partial charge is 0.219 e. The van der Waals surface area contributed by atoms with Gasteiger partial charge in [-0.05, 0) is 43.7 Å². The first kappa shape index (κ1) is 22.2. The van der Waals surface area contributed by atoms with Gasteiger partial charge >= 0.3 is 0 Å². The van der Waals surface area contributed by atoms with Crippen LogP contribution in [0, 0.1) is 6.92 Å². The molecule has 0 radical (unpaired) electrons. The summed E-state index contributed by atoms with van der Waals surface area (Å²) in [7, 11) is 1.86. The lowest BCUT2D eigenvalue weighted by atomic mass is 10.1. The van der Waals surface area contributed by atoms with E-state index in [1.165, 1.54) is 0 Å². The molecule has 0 aliphatic carbocycles. The number of nitrogens with zero attached hydrogens (tertiary/aromatic N) is 5. The van der Waals surface area contributed by atoms with Gasteiger partial charge in [-0.15, -0.1) is 0 Å². The molecule has 1 unspecified atom stereocenters. The number of fused-ring (bicyclic) bond motifs is 4. The Morgan fingerprint density at radius 3 is 2.91 bits per heavy atom. The van der Waals surface area contributed by atoms with Gasteiger partial charge in [-0.1, -0.05) is 6.07 Å². The summed E-state index contributed by atoms with van der Waals surface area (Å²) in [5.41, 5.74) is 5.27. The van der Waals surface area contributed by atoms with Crippen LogP contribution in [-0.2, 0) is 18.3 Å². The van der Waals surface area contributed by atoms with Gasteiger partial charge in [0.05, 0.1) is 60.1 Å². The van der Waals surface area contributed by atoms with Crippen LogP contribution in [0.25, 0.3) is 34.2 Å². The fourth-order valence-electron chi connectivity index (χ4n) is 4.08. The number of aliphatic hydroxyl groups is 1. The lowest BCUT2D eigenvalue weighted by Crippen LogP contribution is -2.22. The topological polar surface area (TPSA) is 112 Å². The van der Waals surface area contributed by atoms with E-state index in [1.54, 1.807) is 9.36 Å². The van der Waals surface area contributed by atoms with E-state index in [0.29, 0.717) is 38.1 Å². The molecular formula is C24H28N6O4. The van der Waals surface area contributed by atoms with E-state index >= 15 is 0 Å². The SMILES string of the molecule is Cc1nn(CCO)c2c1/C=C/c1n[nH]c3ccc(cc13)-c1cnn(C)c1OCCOC(C)CO2. The molecule has 0 spiro atoms. The quantitative estimate of drug-likeness (QED) is 0.469. The average Bonchev–Trinajstić information content (AvgIpc) is 3.48. The number of rotatable bonds is 2. The second kappa shape index (κ2) is 9.32. The molecule has 2 bridgehead atoms. The highest BCUT2D eigenvalue weighted by atomic mass is 16.6. The molecule has 4 heterocycles. The molecule has 0 saturated heterocycles. The molecule has 178 valence electrons. The number of hydrogen-bond acceptors (Lipinski definition) is 7. The van der Waals surface area contributed by atoms with Crippen LogP contribution in [0.2, 0.25) is 0 Å². The van der Waals surface area contributed by atoms with E-state index in [2.05, 4.69) is 26.5 Å². The van der Waals surface area contributed by atoms with Crippen molar-refractivity contribution in [3.63, 3.8) is 0 Å².